The number of nitrogens with zero attached hydrogens (tertiary/aromatic N) is 1. The van der Waals surface area contributed by atoms with Crippen molar-refractivity contribution in [2.24, 2.45) is 5.73 Å². The van der Waals surface area contributed by atoms with E-state index in [0.717, 1.165) is 0 Å². The lowest BCUT2D eigenvalue weighted by Crippen LogP contribution is -2.27. The zero-order valence-electron chi connectivity index (χ0n) is 6.50. The maximum absolute atomic E-state index is 8.22. The van der Waals surface area contributed by atoms with Gasteiger partial charge in [-0.1, -0.05) is 0 Å². The van der Waals surface area contributed by atoms with Crippen LogP contribution in [0, 0.1) is 11.3 Å². The Bertz CT molecular complexity index is 117. The van der Waals surface area contributed by atoms with Crippen molar-refractivity contribution in [1.29, 1.82) is 5.26 Å². The van der Waals surface area contributed by atoms with Gasteiger partial charge >= 0.3 is 0 Å². The highest BCUT2D eigenvalue weighted by Gasteiger charge is 2.01. The van der Waals surface area contributed by atoms with Gasteiger partial charge in [0.15, 0.2) is 0 Å². The molecular weight excluding hydrogens is 128 g/mol. The zero-order chi connectivity index (χ0) is 7.98. The molecule has 0 bridgehead atoms. The molecule has 0 aliphatic rings. The Balaban J connectivity index is 3.23. The molecule has 58 valence electrons. The van der Waals surface area contributed by atoms with Gasteiger partial charge in [-0.05, 0) is 13.8 Å². The van der Waals surface area contributed by atoms with Gasteiger partial charge in [-0.2, -0.15) is 5.26 Å². The summed E-state index contributed by atoms with van der Waals surface area (Å²) in [6.07, 6.45) is 0.567. The molecule has 0 saturated carbocycles. The molecule has 0 aromatic carbocycles. The normalized spacial score (nSPS) is 13.1. The monoisotopic (exact) mass is 142 g/mol. The molecule has 0 spiro atoms. The molecule has 3 heteroatoms. The minimum atomic E-state index is -0.132. The first-order valence-corrected chi connectivity index (χ1v) is 3.41. The first-order chi connectivity index (χ1) is 4.66. The zero-order valence-corrected chi connectivity index (χ0v) is 6.50. The quantitative estimate of drug-likeness (QED) is 0.627. The van der Waals surface area contributed by atoms with E-state index in [0.29, 0.717) is 13.0 Å². The van der Waals surface area contributed by atoms with Crippen molar-refractivity contribution in [3.8, 4) is 6.07 Å². The van der Waals surface area contributed by atoms with Crippen LogP contribution in [0.5, 0.6) is 0 Å². The third-order valence-electron chi connectivity index (χ3n) is 0.997. The van der Waals surface area contributed by atoms with Crippen LogP contribution in [0.2, 0.25) is 0 Å². The Labute approximate surface area is 61.8 Å². The number of rotatable bonds is 4. The minimum absolute atomic E-state index is 0.132. The van der Waals surface area contributed by atoms with Crippen molar-refractivity contribution in [3.05, 3.63) is 0 Å². The van der Waals surface area contributed by atoms with Crippen LogP contribution >= 0.6 is 0 Å². The molecule has 0 unspecified atom stereocenters. The van der Waals surface area contributed by atoms with Gasteiger partial charge in [0, 0.05) is 6.04 Å². The summed E-state index contributed by atoms with van der Waals surface area (Å²) < 4.78 is 5.18. The second kappa shape index (κ2) is 5.21. The molecule has 0 amide bonds. The van der Waals surface area contributed by atoms with E-state index in [2.05, 4.69) is 0 Å². The van der Waals surface area contributed by atoms with Crippen molar-refractivity contribution in [1.82, 2.24) is 0 Å². The number of nitrogens with two attached hydrogens (primary N) is 1. The highest BCUT2D eigenvalue weighted by Crippen LogP contribution is 1.92. The Morgan fingerprint density at radius 1 is 1.60 bits per heavy atom. The van der Waals surface area contributed by atoms with E-state index in [-0.39, 0.29) is 12.1 Å². The van der Waals surface area contributed by atoms with E-state index < -0.39 is 0 Å². The van der Waals surface area contributed by atoms with Gasteiger partial charge in [0.25, 0.3) is 0 Å². The molecule has 0 aromatic heterocycles. The molecule has 0 fully saturated rings. The van der Waals surface area contributed by atoms with Crippen LogP contribution in [0.1, 0.15) is 20.3 Å². The topological polar surface area (TPSA) is 59.0 Å². The third kappa shape index (κ3) is 5.54. The van der Waals surface area contributed by atoms with Crippen LogP contribution < -0.4 is 5.73 Å². The van der Waals surface area contributed by atoms with Crippen molar-refractivity contribution in [2.45, 2.75) is 32.4 Å². The maximum Gasteiger partial charge on any atom is 0.0638 e. The lowest BCUT2D eigenvalue weighted by molar-refractivity contribution is 0.0691. The molecule has 3 nitrogen and oxygen atoms in total. The third-order valence-corrected chi connectivity index (χ3v) is 0.997. The number of hydrogen-bond acceptors (Lipinski definition) is 3. The molecule has 0 rings (SSSR count). The molecule has 0 aromatic rings. The summed E-state index contributed by atoms with van der Waals surface area (Å²) in [5.41, 5.74) is 5.48. The van der Waals surface area contributed by atoms with Crippen molar-refractivity contribution in [3.63, 3.8) is 0 Å². The predicted molar refractivity (Wildman–Crippen MR) is 39.3 cm³/mol. The van der Waals surface area contributed by atoms with Gasteiger partial charge in [-0.25, -0.2) is 0 Å². The van der Waals surface area contributed by atoms with E-state index in [9.17, 15) is 0 Å². The fraction of sp³-hybridized carbons (Fsp3) is 0.857. The lowest BCUT2D eigenvalue weighted by Gasteiger charge is -2.10. The van der Waals surface area contributed by atoms with Crippen LogP contribution in [0.15, 0.2) is 0 Å². The fourth-order valence-corrected chi connectivity index (χ4v) is 0.492. The van der Waals surface area contributed by atoms with Gasteiger partial charge in [0.2, 0.25) is 0 Å². The summed E-state index contributed by atoms with van der Waals surface area (Å²) in [4.78, 5) is 0. The summed E-state index contributed by atoms with van der Waals surface area (Å²) in [6.45, 7) is 4.36. The SMILES string of the molecule is CC(C)OC[C@H](N)CC#N. The first kappa shape index (κ1) is 9.41. The molecule has 0 aliphatic heterocycles. The van der Waals surface area contributed by atoms with Crippen LogP contribution in [0.3, 0.4) is 0 Å². The van der Waals surface area contributed by atoms with Gasteiger partial charge in [0.1, 0.15) is 0 Å². The van der Waals surface area contributed by atoms with Gasteiger partial charge in [-0.15, -0.1) is 0 Å². The van der Waals surface area contributed by atoms with Crippen molar-refractivity contribution >= 4 is 0 Å². The standard InChI is InChI=1S/C7H14N2O/c1-6(2)10-5-7(9)3-4-8/h6-7H,3,5,9H2,1-2H3/t7-/m1/s1. The smallest absolute Gasteiger partial charge is 0.0638 e. The van der Waals surface area contributed by atoms with E-state index >= 15 is 0 Å². The van der Waals surface area contributed by atoms with Crippen molar-refractivity contribution in [2.75, 3.05) is 6.61 Å². The average Bonchev–Trinajstić information content (AvgIpc) is 1.85. The van der Waals surface area contributed by atoms with Crippen LogP contribution in [0.25, 0.3) is 0 Å². The average molecular weight is 142 g/mol. The minimum Gasteiger partial charge on any atom is -0.377 e. The van der Waals surface area contributed by atoms with Gasteiger partial charge < -0.3 is 10.5 Å². The number of nitriles is 1. The van der Waals surface area contributed by atoms with Gasteiger partial charge in [-0.3, -0.25) is 0 Å². The summed E-state index contributed by atoms with van der Waals surface area (Å²) >= 11 is 0. The van der Waals surface area contributed by atoms with E-state index in [1.807, 2.05) is 19.9 Å². The van der Waals surface area contributed by atoms with E-state index in [1.165, 1.54) is 0 Å². The Hall–Kier alpha value is -0.590. The molecule has 0 saturated heterocycles. The van der Waals surface area contributed by atoms with Gasteiger partial charge in [0.05, 0.1) is 25.2 Å². The molecule has 1 atom stereocenters. The fourth-order valence-electron chi connectivity index (χ4n) is 0.492. The van der Waals surface area contributed by atoms with E-state index in [1.54, 1.807) is 0 Å². The predicted octanol–water partition coefficient (Wildman–Crippen LogP) is 0.652. The molecule has 0 radical (unpaired) electrons. The maximum atomic E-state index is 8.22. The molecule has 2 N–H and O–H groups in total. The Kier molecular flexibility index (Phi) is 4.91. The summed E-state index contributed by atoms with van der Waals surface area (Å²) in [7, 11) is 0. The second-order valence-electron chi connectivity index (χ2n) is 2.50. The van der Waals surface area contributed by atoms with Crippen molar-refractivity contribution < 1.29 is 4.74 Å². The van der Waals surface area contributed by atoms with Crippen LogP contribution in [0.4, 0.5) is 0 Å². The largest absolute Gasteiger partial charge is 0.377 e. The van der Waals surface area contributed by atoms with Crippen LogP contribution in [-0.4, -0.2) is 18.8 Å². The molecule has 0 heterocycles. The second-order valence-corrected chi connectivity index (χ2v) is 2.50. The Morgan fingerprint density at radius 2 is 2.20 bits per heavy atom. The number of hydrogen-bond donors (Lipinski definition) is 1. The molecule has 0 aliphatic carbocycles. The number of ether oxygens (including phenoxy) is 1. The lowest BCUT2D eigenvalue weighted by atomic mass is 10.2. The van der Waals surface area contributed by atoms with E-state index in [4.69, 9.17) is 15.7 Å². The summed E-state index contributed by atoms with van der Waals surface area (Å²) in [5, 5.41) is 8.22. The highest BCUT2D eigenvalue weighted by atomic mass is 16.5. The molecular formula is C7H14N2O. The highest BCUT2D eigenvalue weighted by molar-refractivity contribution is 4.77. The molecule has 10 heavy (non-hydrogen) atoms. The van der Waals surface area contributed by atoms with Crippen LogP contribution in [-0.2, 0) is 4.74 Å². The summed E-state index contributed by atoms with van der Waals surface area (Å²) in [5.74, 6) is 0. The Morgan fingerprint density at radius 3 is 2.60 bits per heavy atom. The summed E-state index contributed by atoms with van der Waals surface area (Å²) in [6, 6.07) is 1.85. The first-order valence-electron chi connectivity index (χ1n) is 3.41.